The molecule has 21 heavy (non-hydrogen) atoms. The largest absolute Gasteiger partial charge is 0.360 e. The summed E-state index contributed by atoms with van der Waals surface area (Å²) in [6.07, 6.45) is 0. The zero-order valence-electron chi connectivity index (χ0n) is 12.6. The Balaban J connectivity index is 1.90. The molecule has 0 saturated carbocycles. The van der Waals surface area contributed by atoms with Gasteiger partial charge in [-0.25, -0.2) is 0 Å². The van der Waals surface area contributed by atoms with E-state index in [-0.39, 0.29) is 0 Å². The maximum atomic E-state index is 5.38. The summed E-state index contributed by atoms with van der Waals surface area (Å²) in [6, 6.07) is 12.8. The number of likely N-dealkylation sites (N-methyl/N-ethyl adjacent to an activating group) is 1. The van der Waals surface area contributed by atoms with Crippen LogP contribution in [0.25, 0.3) is 0 Å². The highest BCUT2D eigenvalue weighted by molar-refractivity contribution is 7.80. The Bertz CT molecular complexity index is 579. The number of aryl methyl sites for hydroxylation is 1. The van der Waals surface area contributed by atoms with Crippen LogP contribution in [0.5, 0.6) is 0 Å². The van der Waals surface area contributed by atoms with Gasteiger partial charge in [-0.1, -0.05) is 18.2 Å². The van der Waals surface area contributed by atoms with Gasteiger partial charge in [-0.15, -0.1) is 11.3 Å². The third kappa shape index (κ3) is 4.81. The van der Waals surface area contributed by atoms with Crippen LogP contribution >= 0.6 is 23.6 Å². The van der Waals surface area contributed by atoms with Crippen LogP contribution in [0.15, 0.2) is 41.8 Å². The lowest BCUT2D eigenvalue weighted by atomic mass is 10.2. The van der Waals surface area contributed by atoms with Crippen LogP contribution in [0.3, 0.4) is 0 Å². The van der Waals surface area contributed by atoms with Gasteiger partial charge in [0.2, 0.25) is 0 Å². The number of thiocarbonyl (C=S) groups is 1. The number of rotatable bonds is 5. The Morgan fingerprint density at radius 1 is 1.29 bits per heavy atom. The van der Waals surface area contributed by atoms with Gasteiger partial charge in [0.1, 0.15) is 0 Å². The van der Waals surface area contributed by atoms with Gasteiger partial charge in [0.15, 0.2) is 5.11 Å². The monoisotopic (exact) mass is 319 g/mol. The minimum absolute atomic E-state index is 0.322. The van der Waals surface area contributed by atoms with Gasteiger partial charge in [-0.05, 0) is 62.4 Å². The topological polar surface area (TPSA) is 27.3 Å². The molecule has 0 saturated heterocycles. The molecule has 1 unspecified atom stereocenters. The molecule has 5 heteroatoms. The predicted octanol–water partition coefficient (Wildman–Crippen LogP) is 3.65. The van der Waals surface area contributed by atoms with E-state index in [9.17, 15) is 0 Å². The molecular formula is C16H21N3S2. The second-order valence-electron chi connectivity index (χ2n) is 5.20. The summed E-state index contributed by atoms with van der Waals surface area (Å²) >= 11 is 7.15. The van der Waals surface area contributed by atoms with Crippen molar-refractivity contribution in [3.05, 3.63) is 52.2 Å². The molecule has 1 atom stereocenters. The van der Waals surface area contributed by atoms with Crippen LogP contribution in [0.1, 0.15) is 16.5 Å². The summed E-state index contributed by atoms with van der Waals surface area (Å²) in [4.78, 5) is 3.54. The SMILES string of the molecule is Cc1cccc(NC(=S)NCC(c2cccs2)N(C)C)c1. The highest BCUT2D eigenvalue weighted by Crippen LogP contribution is 2.22. The van der Waals surface area contributed by atoms with Crippen molar-refractivity contribution in [3.8, 4) is 0 Å². The summed E-state index contributed by atoms with van der Waals surface area (Å²) in [5.74, 6) is 0. The second kappa shape index (κ2) is 7.54. The number of nitrogens with one attached hydrogen (secondary N) is 2. The summed E-state index contributed by atoms with van der Waals surface area (Å²) in [6.45, 7) is 2.85. The molecule has 0 fully saturated rings. The fourth-order valence-electron chi connectivity index (χ4n) is 2.11. The summed E-state index contributed by atoms with van der Waals surface area (Å²) in [5.41, 5.74) is 2.23. The number of anilines is 1. The van der Waals surface area contributed by atoms with Crippen LogP contribution in [0.2, 0.25) is 0 Å². The summed E-state index contributed by atoms with van der Waals surface area (Å²) in [5, 5.41) is 9.30. The van der Waals surface area contributed by atoms with E-state index >= 15 is 0 Å². The Morgan fingerprint density at radius 3 is 2.71 bits per heavy atom. The van der Waals surface area contributed by atoms with E-state index in [0.29, 0.717) is 11.2 Å². The lowest BCUT2D eigenvalue weighted by Gasteiger charge is -2.24. The van der Waals surface area contributed by atoms with Gasteiger partial charge >= 0.3 is 0 Å². The lowest BCUT2D eigenvalue weighted by Crippen LogP contribution is -2.36. The van der Waals surface area contributed by atoms with Crippen LogP contribution in [-0.4, -0.2) is 30.7 Å². The smallest absolute Gasteiger partial charge is 0.170 e. The van der Waals surface area contributed by atoms with Crippen LogP contribution in [-0.2, 0) is 0 Å². The molecule has 2 aromatic rings. The minimum atomic E-state index is 0.322. The molecule has 2 N–H and O–H groups in total. The number of nitrogens with zero attached hydrogens (tertiary/aromatic N) is 1. The fourth-order valence-corrected chi connectivity index (χ4v) is 3.23. The van der Waals surface area contributed by atoms with Gasteiger partial charge in [-0.3, -0.25) is 0 Å². The zero-order valence-corrected chi connectivity index (χ0v) is 14.2. The van der Waals surface area contributed by atoms with E-state index in [1.165, 1.54) is 10.4 Å². The van der Waals surface area contributed by atoms with E-state index in [1.807, 2.05) is 12.1 Å². The zero-order chi connectivity index (χ0) is 15.2. The maximum absolute atomic E-state index is 5.38. The summed E-state index contributed by atoms with van der Waals surface area (Å²) < 4.78 is 0. The lowest BCUT2D eigenvalue weighted by molar-refractivity contribution is 0.303. The number of thiophene rings is 1. The third-order valence-corrected chi connectivity index (χ3v) is 4.45. The van der Waals surface area contributed by atoms with Gasteiger partial charge in [-0.2, -0.15) is 0 Å². The van der Waals surface area contributed by atoms with Crippen LogP contribution < -0.4 is 10.6 Å². The fraction of sp³-hybridized carbons (Fsp3) is 0.312. The Labute approximate surface area is 136 Å². The average molecular weight is 319 g/mol. The van der Waals surface area contributed by atoms with Crippen molar-refractivity contribution in [3.63, 3.8) is 0 Å². The first-order chi connectivity index (χ1) is 10.1. The number of benzene rings is 1. The molecule has 0 radical (unpaired) electrons. The Kier molecular flexibility index (Phi) is 5.73. The van der Waals surface area contributed by atoms with E-state index < -0.39 is 0 Å². The van der Waals surface area contributed by atoms with E-state index in [4.69, 9.17) is 12.2 Å². The maximum Gasteiger partial charge on any atom is 0.170 e. The first-order valence-electron chi connectivity index (χ1n) is 6.87. The van der Waals surface area contributed by atoms with Crippen molar-refractivity contribution >= 4 is 34.4 Å². The van der Waals surface area contributed by atoms with Crippen molar-refractivity contribution in [1.82, 2.24) is 10.2 Å². The molecule has 0 aliphatic carbocycles. The quantitative estimate of drug-likeness (QED) is 0.823. The Hall–Kier alpha value is -1.43. The first-order valence-corrected chi connectivity index (χ1v) is 8.16. The highest BCUT2D eigenvalue weighted by Gasteiger charge is 2.15. The molecule has 0 bridgehead atoms. The average Bonchev–Trinajstić information content (AvgIpc) is 2.92. The second-order valence-corrected chi connectivity index (χ2v) is 6.59. The van der Waals surface area contributed by atoms with Crippen molar-refractivity contribution in [1.29, 1.82) is 0 Å². The Morgan fingerprint density at radius 2 is 2.10 bits per heavy atom. The molecule has 112 valence electrons. The van der Waals surface area contributed by atoms with Crippen molar-refractivity contribution in [2.75, 3.05) is 26.0 Å². The van der Waals surface area contributed by atoms with E-state index in [0.717, 1.165) is 12.2 Å². The van der Waals surface area contributed by atoms with Gasteiger partial charge < -0.3 is 15.5 Å². The third-order valence-electron chi connectivity index (χ3n) is 3.23. The molecule has 0 aliphatic heterocycles. The molecule has 0 amide bonds. The standard InChI is InChI=1S/C16H21N3S2/c1-12-6-4-7-13(10-12)18-16(20)17-11-14(19(2)3)15-8-5-9-21-15/h4-10,14H,11H2,1-3H3,(H2,17,18,20). The number of hydrogen-bond donors (Lipinski definition) is 2. The molecule has 1 aromatic heterocycles. The molecule has 1 aromatic carbocycles. The number of hydrogen-bond acceptors (Lipinski definition) is 3. The molecule has 0 spiro atoms. The van der Waals surface area contributed by atoms with E-state index in [2.05, 4.69) is 66.2 Å². The van der Waals surface area contributed by atoms with Gasteiger partial charge in [0, 0.05) is 17.1 Å². The van der Waals surface area contributed by atoms with Gasteiger partial charge in [0.25, 0.3) is 0 Å². The molecule has 1 heterocycles. The van der Waals surface area contributed by atoms with Crippen LogP contribution in [0.4, 0.5) is 5.69 Å². The predicted molar refractivity (Wildman–Crippen MR) is 96.1 cm³/mol. The molecular weight excluding hydrogens is 298 g/mol. The summed E-state index contributed by atoms with van der Waals surface area (Å²) in [7, 11) is 4.17. The highest BCUT2D eigenvalue weighted by atomic mass is 32.1. The van der Waals surface area contributed by atoms with E-state index in [1.54, 1.807) is 11.3 Å². The van der Waals surface area contributed by atoms with Crippen LogP contribution in [0, 0.1) is 6.92 Å². The normalized spacial score (nSPS) is 12.2. The molecule has 3 nitrogen and oxygen atoms in total. The van der Waals surface area contributed by atoms with Crippen molar-refractivity contribution in [2.24, 2.45) is 0 Å². The van der Waals surface area contributed by atoms with Crippen molar-refractivity contribution < 1.29 is 0 Å². The molecule has 0 aliphatic rings. The van der Waals surface area contributed by atoms with Gasteiger partial charge in [0.05, 0.1) is 6.04 Å². The first kappa shape index (κ1) is 15.9. The van der Waals surface area contributed by atoms with Crippen molar-refractivity contribution in [2.45, 2.75) is 13.0 Å². The molecule has 2 rings (SSSR count). The minimum Gasteiger partial charge on any atom is -0.360 e.